The van der Waals surface area contributed by atoms with Gasteiger partial charge < -0.3 is 14.8 Å². The van der Waals surface area contributed by atoms with Gasteiger partial charge in [0.05, 0.1) is 30.3 Å². The summed E-state index contributed by atoms with van der Waals surface area (Å²) in [6, 6.07) is 18.3. The molecule has 1 heterocycles. The Morgan fingerprint density at radius 1 is 1.17 bits per heavy atom. The highest BCUT2D eigenvalue weighted by Gasteiger charge is 2.38. The summed E-state index contributed by atoms with van der Waals surface area (Å²) in [4.78, 5) is 13.4. The van der Waals surface area contributed by atoms with E-state index in [0.29, 0.717) is 17.1 Å². The normalized spacial score (nSPS) is 16.1. The molecule has 1 amide bonds. The first-order valence-electron chi connectivity index (χ1n) is 11.2. The SMILES string of the molecule is CC[C@@H](NC(=O)[C@H]1CN(S(=O)(=O)c2ccccc2)c2cc(Cl)ccc2O1)c1ccc(OC)c(C)c1. The third-order valence-electron chi connectivity index (χ3n) is 5.96. The number of methoxy groups -OCH3 is 1. The number of carbonyl (C=O) groups excluding carboxylic acids is 1. The van der Waals surface area contributed by atoms with E-state index in [0.717, 1.165) is 16.9 Å². The Labute approximate surface area is 210 Å². The van der Waals surface area contributed by atoms with Crippen LogP contribution in [-0.2, 0) is 14.8 Å². The third-order valence-corrected chi connectivity index (χ3v) is 7.99. The van der Waals surface area contributed by atoms with Crippen LogP contribution in [0.5, 0.6) is 11.5 Å². The summed E-state index contributed by atoms with van der Waals surface area (Å²) in [5, 5.41) is 3.38. The Morgan fingerprint density at radius 2 is 1.91 bits per heavy atom. The maximum absolute atomic E-state index is 13.5. The summed E-state index contributed by atoms with van der Waals surface area (Å²) in [7, 11) is -2.34. The van der Waals surface area contributed by atoms with Gasteiger partial charge in [-0.3, -0.25) is 9.10 Å². The van der Waals surface area contributed by atoms with Gasteiger partial charge in [0.1, 0.15) is 11.5 Å². The zero-order chi connectivity index (χ0) is 25.2. The van der Waals surface area contributed by atoms with Gasteiger partial charge in [0.15, 0.2) is 6.10 Å². The second kappa shape index (κ2) is 10.2. The number of nitrogens with one attached hydrogen (secondary N) is 1. The minimum atomic E-state index is -3.96. The number of ether oxygens (including phenoxy) is 2. The number of carbonyl (C=O) groups is 1. The number of nitrogens with zero attached hydrogens (tertiary/aromatic N) is 1. The summed E-state index contributed by atoms with van der Waals surface area (Å²) in [5.74, 6) is 0.635. The molecule has 4 rings (SSSR count). The number of fused-ring (bicyclic) bond motifs is 1. The lowest BCUT2D eigenvalue weighted by Crippen LogP contribution is -2.51. The molecule has 0 saturated heterocycles. The van der Waals surface area contributed by atoms with E-state index in [1.165, 1.54) is 22.5 Å². The molecular weight excluding hydrogens is 488 g/mol. The number of anilines is 1. The maximum atomic E-state index is 13.5. The Morgan fingerprint density at radius 3 is 2.57 bits per heavy atom. The van der Waals surface area contributed by atoms with Gasteiger partial charge in [0, 0.05) is 5.02 Å². The lowest BCUT2D eigenvalue weighted by molar-refractivity contribution is -0.128. The molecule has 0 bridgehead atoms. The van der Waals surface area contributed by atoms with Gasteiger partial charge in [-0.25, -0.2) is 8.42 Å². The van der Waals surface area contributed by atoms with Gasteiger partial charge in [-0.1, -0.05) is 48.9 Å². The molecule has 7 nitrogen and oxygen atoms in total. The van der Waals surface area contributed by atoms with Crippen LogP contribution < -0.4 is 19.1 Å². The molecule has 9 heteroatoms. The number of hydrogen-bond donors (Lipinski definition) is 1. The highest BCUT2D eigenvalue weighted by Crippen LogP contribution is 2.39. The topological polar surface area (TPSA) is 84.9 Å². The average Bonchev–Trinajstić information content (AvgIpc) is 2.86. The van der Waals surface area contributed by atoms with Crippen molar-refractivity contribution in [2.24, 2.45) is 0 Å². The lowest BCUT2D eigenvalue weighted by Gasteiger charge is -2.35. The van der Waals surface area contributed by atoms with Crippen molar-refractivity contribution in [2.75, 3.05) is 18.0 Å². The molecule has 1 aliphatic rings. The van der Waals surface area contributed by atoms with Crippen LogP contribution in [-0.4, -0.2) is 34.1 Å². The van der Waals surface area contributed by atoms with Crippen molar-refractivity contribution >= 4 is 33.2 Å². The molecule has 0 saturated carbocycles. The number of amides is 1. The average molecular weight is 515 g/mol. The van der Waals surface area contributed by atoms with Gasteiger partial charge in [-0.2, -0.15) is 0 Å². The number of halogens is 1. The molecule has 3 aromatic carbocycles. The first-order valence-corrected chi connectivity index (χ1v) is 13.0. The van der Waals surface area contributed by atoms with Gasteiger partial charge in [-0.05, 0) is 60.9 Å². The van der Waals surface area contributed by atoms with Crippen molar-refractivity contribution in [1.29, 1.82) is 0 Å². The van der Waals surface area contributed by atoms with E-state index in [1.54, 1.807) is 37.4 Å². The standard InChI is InChI=1S/C26H27ClN2O5S/c1-4-21(18-10-12-23(33-3)17(2)14-18)28-26(30)25-16-29(22-15-19(27)11-13-24(22)34-25)35(31,32)20-8-6-5-7-9-20/h5-15,21,25H,4,16H2,1-3H3,(H,28,30)/t21-,25-/m1/s1. The Kier molecular flexibility index (Phi) is 7.23. The summed E-state index contributed by atoms with van der Waals surface area (Å²) in [5.41, 5.74) is 2.18. The Balaban J connectivity index is 1.63. The zero-order valence-electron chi connectivity index (χ0n) is 19.7. The summed E-state index contributed by atoms with van der Waals surface area (Å²) >= 11 is 6.16. The maximum Gasteiger partial charge on any atom is 0.264 e. The second-order valence-corrected chi connectivity index (χ2v) is 10.6. The molecule has 0 fully saturated rings. The Hall–Kier alpha value is -3.23. The molecule has 0 unspecified atom stereocenters. The molecule has 0 aliphatic carbocycles. The number of benzene rings is 3. The molecule has 2 atom stereocenters. The molecule has 35 heavy (non-hydrogen) atoms. The molecule has 3 aromatic rings. The molecule has 1 aliphatic heterocycles. The predicted octanol–water partition coefficient (Wildman–Crippen LogP) is 4.88. The van der Waals surface area contributed by atoms with Crippen LogP contribution in [0.2, 0.25) is 5.02 Å². The predicted molar refractivity (Wildman–Crippen MR) is 136 cm³/mol. The second-order valence-electron chi connectivity index (χ2n) is 8.27. The van der Waals surface area contributed by atoms with E-state index in [-0.39, 0.29) is 23.2 Å². The highest BCUT2D eigenvalue weighted by molar-refractivity contribution is 7.92. The van der Waals surface area contributed by atoms with Crippen molar-refractivity contribution < 1.29 is 22.7 Å². The zero-order valence-corrected chi connectivity index (χ0v) is 21.3. The van der Waals surface area contributed by atoms with Crippen LogP contribution in [0.15, 0.2) is 71.6 Å². The van der Waals surface area contributed by atoms with Crippen LogP contribution in [0, 0.1) is 6.92 Å². The van der Waals surface area contributed by atoms with Gasteiger partial charge in [0.25, 0.3) is 15.9 Å². The number of hydrogen-bond acceptors (Lipinski definition) is 5. The van der Waals surface area contributed by atoms with Crippen molar-refractivity contribution in [2.45, 2.75) is 37.3 Å². The third kappa shape index (κ3) is 5.09. The molecule has 0 aromatic heterocycles. The van der Waals surface area contributed by atoms with E-state index in [4.69, 9.17) is 21.1 Å². The number of sulfonamides is 1. The van der Waals surface area contributed by atoms with Crippen molar-refractivity contribution in [1.82, 2.24) is 5.32 Å². The molecule has 1 N–H and O–H groups in total. The van der Waals surface area contributed by atoms with E-state index in [2.05, 4.69) is 5.32 Å². The van der Waals surface area contributed by atoms with Crippen LogP contribution >= 0.6 is 11.6 Å². The minimum absolute atomic E-state index is 0.118. The van der Waals surface area contributed by atoms with Crippen LogP contribution in [0.3, 0.4) is 0 Å². The van der Waals surface area contributed by atoms with E-state index in [9.17, 15) is 13.2 Å². The van der Waals surface area contributed by atoms with Crippen molar-refractivity contribution in [3.63, 3.8) is 0 Å². The van der Waals surface area contributed by atoms with Crippen molar-refractivity contribution in [3.05, 3.63) is 82.9 Å². The minimum Gasteiger partial charge on any atom is -0.496 e. The van der Waals surface area contributed by atoms with Gasteiger partial charge in [-0.15, -0.1) is 0 Å². The molecule has 0 spiro atoms. The molecule has 0 radical (unpaired) electrons. The number of rotatable bonds is 7. The van der Waals surface area contributed by atoms with E-state index >= 15 is 0 Å². The monoisotopic (exact) mass is 514 g/mol. The summed E-state index contributed by atoms with van der Waals surface area (Å²) in [6.07, 6.45) is -0.404. The van der Waals surface area contributed by atoms with Crippen LogP contribution in [0.4, 0.5) is 5.69 Å². The Bertz CT molecular complexity index is 1330. The first kappa shape index (κ1) is 24.9. The highest BCUT2D eigenvalue weighted by atomic mass is 35.5. The number of aryl methyl sites for hydroxylation is 1. The van der Waals surface area contributed by atoms with Crippen LogP contribution in [0.25, 0.3) is 0 Å². The summed E-state index contributed by atoms with van der Waals surface area (Å²) in [6.45, 7) is 3.72. The fraction of sp³-hybridized carbons (Fsp3) is 0.269. The van der Waals surface area contributed by atoms with E-state index < -0.39 is 22.0 Å². The van der Waals surface area contributed by atoms with Gasteiger partial charge in [0.2, 0.25) is 0 Å². The largest absolute Gasteiger partial charge is 0.496 e. The lowest BCUT2D eigenvalue weighted by atomic mass is 10.0. The molecule has 184 valence electrons. The smallest absolute Gasteiger partial charge is 0.264 e. The quantitative estimate of drug-likeness (QED) is 0.485. The molecular formula is C26H27ClN2O5S. The van der Waals surface area contributed by atoms with E-state index in [1.807, 2.05) is 32.0 Å². The fourth-order valence-electron chi connectivity index (χ4n) is 4.11. The summed E-state index contributed by atoms with van der Waals surface area (Å²) < 4.78 is 39.5. The van der Waals surface area contributed by atoms with Crippen molar-refractivity contribution in [3.8, 4) is 11.5 Å². The van der Waals surface area contributed by atoms with Crippen LogP contribution in [0.1, 0.15) is 30.5 Å². The van der Waals surface area contributed by atoms with Gasteiger partial charge >= 0.3 is 0 Å². The fourth-order valence-corrected chi connectivity index (χ4v) is 5.77. The first-order chi connectivity index (χ1) is 16.7.